The molecule has 0 radical (unpaired) electrons. The maximum absolute atomic E-state index is 10.9. The highest BCUT2D eigenvalue weighted by Gasteiger charge is 2.08. The van der Waals surface area contributed by atoms with Gasteiger partial charge in [0.15, 0.2) is 0 Å². The average molecular weight is 287 g/mol. The van der Waals surface area contributed by atoms with Crippen molar-refractivity contribution < 1.29 is 9.90 Å². The van der Waals surface area contributed by atoms with Crippen molar-refractivity contribution in [3.8, 4) is 0 Å². The summed E-state index contributed by atoms with van der Waals surface area (Å²) < 4.78 is 1.70. The zero-order valence-electron chi connectivity index (χ0n) is 12.0. The number of primary amides is 1. The van der Waals surface area contributed by atoms with Crippen molar-refractivity contribution in [3.63, 3.8) is 0 Å². The van der Waals surface area contributed by atoms with Crippen LogP contribution in [-0.4, -0.2) is 26.7 Å². The molecule has 3 N–H and O–H groups in total. The lowest BCUT2D eigenvalue weighted by Gasteiger charge is -2.10. The minimum Gasteiger partial charge on any atom is -0.391 e. The van der Waals surface area contributed by atoms with E-state index in [4.69, 9.17) is 5.73 Å². The quantitative estimate of drug-likeness (QED) is 0.726. The van der Waals surface area contributed by atoms with Crippen molar-refractivity contribution in [2.45, 2.75) is 38.3 Å². The molecule has 0 aliphatic heterocycles. The molecule has 5 nitrogen and oxygen atoms in total. The van der Waals surface area contributed by atoms with Crippen molar-refractivity contribution >= 4 is 5.91 Å². The number of rotatable bonds is 8. The Hall–Kier alpha value is -2.14. The summed E-state index contributed by atoms with van der Waals surface area (Å²) in [5.74, 6) is -0.550. The molecule has 1 heterocycles. The minimum absolute atomic E-state index is 0.228. The molecular formula is C16H21N3O2. The predicted octanol–water partition coefficient (Wildman–Crippen LogP) is 1.76. The molecule has 0 saturated carbocycles. The summed E-state index contributed by atoms with van der Waals surface area (Å²) in [4.78, 5) is 14.8. The zero-order valence-corrected chi connectivity index (χ0v) is 12.0. The lowest BCUT2D eigenvalue weighted by atomic mass is 10.1. The van der Waals surface area contributed by atoms with Gasteiger partial charge in [-0.1, -0.05) is 36.8 Å². The van der Waals surface area contributed by atoms with Crippen LogP contribution in [0.2, 0.25) is 0 Å². The SMILES string of the molecule is NC(=O)c1cn(CC(O)CCCCc2ccccc2)cn1. The van der Waals surface area contributed by atoms with Gasteiger partial charge in [0.2, 0.25) is 0 Å². The summed E-state index contributed by atoms with van der Waals surface area (Å²) in [5, 5.41) is 9.98. The van der Waals surface area contributed by atoms with Crippen molar-refractivity contribution in [1.82, 2.24) is 9.55 Å². The van der Waals surface area contributed by atoms with Crippen LogP contribution in [0, 0.1) is 0 Å². The van der Waals surface area contributed by atoms with E-state index in [-0.39, 0.29) is 5.69 Å². The fraction of sp³-hybridized carbons (Fsp3) is 0.375. The molecule has 21 heavy (non-hydrogen) atoms. The Morgan fingerprint density at radius 3 is 2.71 bits per heavy atom. The van der Waals surface area contributed by atoms with Crippen LogP contribution in [0.3, 0.4) is 0 Å². The van der Waals surface area contributed by atoms with Gasteiger partial charge in [-0.2, -0.15) is 0 Å². The summed E-state index contributed by atoms with van der Waals surface area (Å²) in [5.41, 5.74) is 6.69. The number of aliphatic hydroxyl groups is 1. The monoisotopic (exact) mass is 287 g/mol. The highest BCUT2D eigenvalue weighted by atomic mass is 16.3. The molecule has 1 aromatic heterocycles. The Morgan fingerprint density at radius 2 is 2.05 bits per heavy atom. The molecule has 0 aliphatic rings. The second kappa shape index (κ2) is 7.59. The number of aliphatic hydroxyl groups excluding tert-OH is 1. The third-order valence-electron chi connectivity index (χ3n) is 3.40. The number of carbonyl (C=O) groups is 1. The number of unbranched alkanes of at least 4 members (excludes halogenated alkanes) is 1. The first kappa shape index (κ1) is 15.3. The molecule has 0 saturated heterocycles. The van der Waals surface area contributed by atoms with E-state index in [1.54, 1.807) is 10.8 Å². The number of nitrogens with zero attached hydrogens (tertiary/aromatic N) is 2. The summed E-state index contributed by atoms with van der Waals surface area (Å²) in [6.45, 7) is 0.436. The van der Waals surface area contributed by atoms with Gasteiger partial charge in [-0.25, -0.2) is 4.98 Å². The predicted molar refractivity (Wildman–Crippen MR) is 80.7 cm³/mol. The van der Waals surface area contributed by atoms with Gasteiger partial charge in [0, 0.05) is 12.7 Å². The van der Waals surface area contributed by atoms with Crippen LogP contribution in [-0.2, 0) is 13.0 Å². The number of aryl methyl sites for hydroxylation is 1. The Labute approximate surface area is 124 Å². The van der Waals surface area contributed by atoms with Gasteiger partial charge in [-0.3, -0.25) is 4.79 Å². The molecule has 5 heteroatoms. The van der Waals surface area contributed by atoms with Crippen LogP contribution < -0.4 is 5.73 Å². The third kappa shape index (κ3) is 5.04. The first-order chi connectivity index (χ1) is 10.1. The first-order valence-electron chi connectivity index (χ1n) is 7.18. The summed E-state index contributed by atoms with van der Waals surface area (Å²) in [6.07, 6.45) is 6.44. The van der Waals surface area contributed by atoms with Crippen LogP contribution in [0.5, 0.6) is 0 Å². The van der Waals surface area contributed by atoms with Crippen LogP contribution in [0.4, 0.5) is 0 Å². The maximum atomic E-state index is 10.9. The Kier molecular flexibility index (Phi) is 5.51. The molecule has 1 unspecified atom stereocenters. The molecule has 0 bridgehead atoms. The second-order valence-corrected chi connectivity index (χ2v) is 5.21. The molecular weight excluding hydrogens is 266 g/mol. The van der Waals surface area contributed by atoms with E-state index in [0.29, 0.717) is 6.54 Å². The Balaban J connectivity index is 1.67. The van der Waals surface area contributed by atoms with Gasteiger partial charge >= 0.3 is 0 Å². The molecule has 2 aromatic rings. The van der Waals surface area contributed by atoms with E-state index in [1.165, 1.54) is 11.9 Å². The van der Waals surface area contributed by atoms with Gasteiger partial charge in [-0.15, -0.1) is 0 Å². The maximum Gasteiger partial charge on any atom is 0.268 e. The van der Waals surface area contributed by atoms with Crippen molar-refractivity contribution in [1.29, 1.82) is 0 Å². The number of carbonyl (C=O) groups excluding carboxylic acids is 1. The highest BCUT2D eigenvalue weighted by molar-refractivity contribution is 5.90. The number of nitrogens with two attached hydrogens (primary N) is 1. The molecule has 0 spiro atoms. The molecule has 1 aromatic carbocycles. The van der Waals surface area contributed by atoms with Gasteiger partial charge < -0.3 is 15.4 Å². The van der Waals surface area contributed by atoms with Crippen molar-refractivity contribution in [2.75, 3.05) is 0 Å². The lowest BCUT2D eigenvalue weighted by molar-refractivity contribution is 0.0995. The molecule has 2 rings (SSSR count). The van der Waals surface area contributed by atoms with Crippen LogP contribution in [0.1, 0.15) is 35.3 Å². The summed E-state index contributed by atoms with van der Waals surface area (Å²) >= 11 is 0. The molecule has 1 amide bonds. The molecule has 0 aliphatic carbocycles. The second-order valence-electron chi connectivity index (χ2n) is 5.21. The smallest absolute Gasteiger partial charge is 0.268 e. The van der Waals surface area contributed by atoms with Gasteiger partial charge in [0.1, 0.15) is 5.69 Å². The highest BCUT2D eigenvalue weighted by Crippen LogP contribution is 2.09. The van der Waals surface area contributed by atoms with Crippen molar-refractivity contribution in [3.05, 3.63) is 54.1 Å². The average Bonchev–Trinajstić information content (AvgIpc) is 2.93. The number of hydrogen-bond donors (Lipinski definition) is 2. The van der Waals surface area contributed by atoms with Crippen LogP contribution in [0.15, 0.2) is 42.9 Å². The zero-order chi connectivity index (χ0) is 15.1. The van der Waals surface area contributed by atoms with Gasteiger partial charge in [0.25, 0.3) is 5.91 Å². The first-order valence-corrected chi connectivity index (χ1v) is 7.18. The lowest BCUT2D eigenvalue weighted by Crippen LogP contribution is -2.15. The van der Waals surface area contributed by atoms with E-state index in [1.807, 2.05) is 18.2 Å². The number of benzene rings is 1. The van der Waals surface area contributed by atoms with Gasteiger partial charge in [0.05, 0.1) is 12.4 Å². The van der Waals surface area contributed by atoms with E-state index in [9.17, 15) is 9.90 Å². The minimum atomic E-state index is -0.550. The van der Waals surface area contributed by atoms with E-state index in [0.717, 1.165) is 25.7 Å². The summed E-state index contributed by atoms with van der Waals surface area (Å²) in [6, 6.07) is 10.3. The number of amides is 1. The number of aromatic nitrogens is 2. The third-order valence-corrected chi connectivity index (χ3v) is 3.40. The topological polar surface area (TPSA) is 81.1 Å². The molecule has 1 atom stereocenters. The fourth-order valence-corrected chi connectivity index (χ4v) is 2.28. The van der Waals surface area contributed by atoms with Crippen LogP contribution >= 0.6 is 0 Å². The Morgan fingerprint density at radius 1 is 1.29 bits per heavy atom. The van der Waals surface area contributed by atoms with Crippen LogP contribution in [0.25, 0.3) is 0 Å². The fourth-order valence-electron chi connectivity index (χ4n) is 2.28. The molecule has 0 fully saturated rings. The van der Waals surface area contributed by atoms with E-state index < -0.39 is 12.0 Å². The largest absolute Gasteiger partial charge is 0.391 e. The van der Waals surface area contributed by atoms with Crippen molar-refractivity contribution in [2.24, 2.45) is 5.73 Å². The summed E-state index contributed by atoms with van der Waals surface area (Å²) in [7, 11) is 0. The van der Waals surface area contributed by atoms with E-state index in [2.05, 4.69) is 17.1 Å². The Bertz CT molecular complexity index is 566. The number of hydrogen-bond acceptors (Lipinski definition) is 3. The molecule has 112 valence electrons. The number of imidazole rings is 1. The standard InChI is InChI=1S/C16H21N3O2/c17-16(21)15-11-19(12-18-15)10-14(20)9-5-4-8-13-6-2-1-3-7-13/h1-3,6-7,11-12,14,20H,4-5,8-10H2,(H2,17,21). The normalized spacial score (nSPS) is 12.2. The van der Waals surface area contributed by atoms with E-state index >= 15 is 0 Å². The van der Waals surface area contributed by atoms with Gasteiger partial charge in [-0.05, 0) is 24.8 Å².